The molecule has 0 bridgehead atoms. The molecule has 0 aliphatic carbocycles. The van der Waals surface area contributed by atoms with Crippen molar-refractivity contribution in [2.24, 2.45) is 0 Å². The normalized spacial score (nSPS) is 23.1. The molecular formula is C15H17F3N2O3. The summed E-state index contributed by atoms with van der Waals surface area (Å²) in [6.45, 7) is 0.0134. The van der Waals surface area contributed by atoms with Crippen LogP contribution in [0, 0.1) is 0 Å². The average molecular weight is 330 g/mol. The molecule has 2 aliphatic rings. The third-order valence-electron chi connectivity index (χ3n) is 4.40. The standard InChI is InChI=1S/C15H17F3N2O3/c16-15(17,18)14(22)5-7-20(8-6-14)13(21)19-11-9-23-12-4-2-1-3-10(11)12/h1-4,11,22H,5-9H2,(H,19,21). The number of hydrogen-bond donors (Lipinski definition) is 2. The number of alkyl halides is 3. The predicted octanol–water partition coefficient (Wildman–Crippen LogP) is 2.22. The molecule has 0 radical (unpaired) electrons. The Morgan fingerprint density at radius 1 is 1.30 bits per heavy atom. The first kappa shape index (κ1) is 15.9. The van der Waals surface area contributed by atoms with Gasteiger partial charge in [-0.2, -0.15) is 13.2 Å². The van der Waals surface area contributed by atoms with Crippen molar-refractivity contribution in [2.75, 3.05) is 19.7 Å². The van der Waals surface area contributed by atoms with Crippen molar-refractivity contribution < 1.29 is 27.8 Å². The Bertz CT molecular complexity index is 598. The number of aliphatic hydroxyl groups is 1. The van der Waals surface area contributed by atoms with Crippen LogP contribution in [-0.4, -0.2) is 47.5 Å². The van der Waals surface area contributed by atoms with Gasteiger partial charge >= 0.3 is 12.2 Å². The maximum Gasteiger partial charge on any atom is 0.417 e. The minimum atomic E-state index is -4.67. The fourth-order valence-corrected chi connectivity index (χ4v) is 2.89. The van der Waals surface area contributed by atoms with E-state index in [1.54, 1.807) is 6.07 Å². The molecule has 2 aliphatic heterocycles. The second-order valence-corrected chi connectivity index (χ2v) is 5.87. The van der Waals surface area contributed by atoms with Crippen molar-refractivity contribution in [2.45, 2.75) is 30.7 Å². The lowest BCUT2D eigenvalue weighted by Gasteiger charge is -2.39. The van der Waals surface area contributed by atoms with E-state index >= 15 is 0 Å². The number of nitrogens with zero attached hydrogens (tertiary/aromatic N) is 1. The van der Waals surface area contributed by atoms with Crippen molar-refractivity contribution in [3.05, 3.63) is 29.8 Å². The number of fused-ring (bicyclic) bond motifs is 1. The molecule has 1 aromatic rings. The fraction of sp³-hybridized carbons (Fsp3) is 0.533. The average Bonchev–Trinajstić information content (AvgIpc) is 2.90. The molecule has 3 rings (SSSR count). The number of ether oxygens (including phenoxy) is 1. The molecule has 1 atom stereocenters. The van der Waals surface area contributed by atoms with E-state index in [-0.39, 0.29) is 19.1 Å². The number of para-hydroxylation sites is 1. The summed E-state index contributed by atoms with van der Waals surface area (Å²) in [7, 11) is 0. The molecule has 0 spiro atoms. The van der Waals surface area contributed by atoms with Crippen LogP contribution in [0.3, 0.4) is 0 Å². The van der Waals surface area contributed by atoms with E-state index in [1.807, 2.05) is 18.2 Å². The molecule has 5 nitrogen and oxygen atoms in total. The third-order valence-corrected chi connectivity index (χ3v) is 4.40. The predicted molar refractivity (Wildman–Crippen MR) is 75.0 cm³/mol. The van der Waals surface area contributed by atoms with Gasteiger partial charge in [0, 0.05) is 31.5 Å². The van der Waals surface area contributed by atoms with Gasteiger partial charge in [0.1, 0.15) is 12.4 Å². The zero-order valence-electron chi connectivity index (χ0n) is 12.3. The largest absolute Gasteiger partial charge is 0.491 e. The second kappa shape index (κ2) is 5.59. The van der Waals surface area contributed by atoms with Crippen LogP contribution >= 0.6 is 0 Å². The molecular weight excluding hydrogens is 313 g/mol. The monoisotopic (exact) mass is 330 g/mol. The summed E-state index contributed by atoms with van der Waals surface area (Å²) in [5.41, 5.74) is -1.85. The summed E-state index contributed by atoms with van der Waals surface area (Å²) in [4.78, 5) is 13.5. The number of hydrogen-bond acceptors (Lipinski definition) is 3. The van der Waals surface area contributed by atoms with Gasteiger partial charge in [-0.05, 0) is 6.07 Å². The highest BCUT2D eigenvalue weighted by atomic mass is 19.4. The van der Waals surface area contributed by atoms with Crippen LogP contribution in [0.2, 0.25) is 0 Å². The number of urea groups is 1. The van der Waals surface area contributed by atoms with Gasteiger partial charge in [-0.3, -0.25) is 0 Å². The summed E-state index contributed by atoms with van der Waals surface area (Å²) in [5, 5.41) is 12.4. The first-order valence-electron chi connectivity index (χ1n) is 7.36. The van der Waals surface area contributed by atoms with Gasteiger partial charge in [-0.1, -0.05) is 18.2 Å². The first-order chi connectivity index (χ1) is 10.8. The minimum Gasteiger partial charge on any atom is -0.491 e. The first-order valence-corrected chi connectivity index (χ1v) is 7.36. The van der Waals surface area contributed by atoms with E-state index in [1.165, 1.54) is 4.90 Å². The topological polar surface area (TPSA) is 61.8 Å². The van der Waals surface area contributed by atoms with Crippen LogP contribution in [0.5, 0.6) is 5.75 Å². The minimum absolute atomic E-state index is 0.142. The zero-order valence-corrected chi connectivity index (χ0v) is 12.3. The number of amides is 2. The number of nitrogens with one attached hydrogen (secondary N) is 1. The molecule has 8 heteroatoms. The van der Waals surface area contributed by atoms with E-state index in [0.29, 0.717) is 12.4 Å². The molecule has 1 aromatic carbocycles. The SMILES string of the molecule is O=C(NC1COc2ccccc21)N1CCC(O)(C(F)(F)F)CC1. The molecule has 1 saturated heterocycles. The Morgan fingerprint density at radius 2 is 1.96 bits per heavy atom. The molecule has 23 heavy (non-hydrogen) atoms. The van der Waals surface area contributed by atoms with Crippen molar-refractivity contribution in [1.82, 2.24) is 10.2 Å². The molecule has 0 aromatic heterocycles. The Kier molecular flexibility index (Phi) is 3.87. The number of carbonyl (C=O) groups excluding carboxylic acids is 1. The van der Waals surface area contributed by atoms with Gasteiger partial charge in [0.2, 0.25) is 0 Å². The summed E-state index contributed by atoms with van der Waals surface area (Å²) in [5.74, 6) is 0.697. The fourth-order valence-electron chi connectivity index (χ4n) is 2.89. The molecule has 2 heterocycles. The molecule has 126 valence electrons. The van der Waals surface area contributed by atoms with Gasteiger partial charge in [-0.15, -0.1) is 0 Å². The van der Waals surface area contributed by atoms with Crippen LogP contribution in [0.4, 0.5) is 18.0 Å². The lowest BCUT2D eigenvalue weighted by atomic mass is 9.91. The lowest BCUT2D eigenvalue weighted by Crippen LogP contribution is -2.56. The number of rotatable bonds is 1. The summed E-state index contributed by atoms with van der Waals surface area (Å²) >= 11 is 0. The maximum absolute atomic E-state index is 12.8. The third kappa shape index (κ3) is 2.95. The number of halogens is 3. The Balaban J connectivity index is 1.59. The molecule has 0 saturated carbocycles. The molecule has 2 N–H and O–H groups in total. The molecule has 2 amide bonds. The molecule has 1 fully saturated rings. The summed E-state index contributed by atoms with van der Waals surface area (Å²) in [6.07, 6.45) is -5.70. The quantitative estimate of drug-likeness (QED) is 0.830. The van der Waals surface area contributed by atoms with Gasteiger partial charge in [-0.25, -0.2) is 4.79 Å². The van der Waals surface area contributed by atoms with E-state index in [0.717, 1.165) is 5.56 Å². The Labute approximate surface area is 131 Å². The number of piperidine rings is 1. The number of carbonyl (C=O) groups is 1. The van der Waals surface area contributed by atoms with E-state index in [9.17, 15) is 23.1 Å². The highest BCUT2D eigenvalue weighted by Crippen LogP contribution is 2.38. The van der Waals surface area contributed by atoms with Gasteiger partial charge < -0.3 is 20.1 Å². The van der Waals surface area contributed by atoms with E-state index in [2.05, 4.69) is 5.32 Å². The maximum atomic E-state index is 12.8. The Hall–Kier alpha value is -1.96. The van der Waals surface area contributed by atoms with Crippen molar-refractivity contribution in [1.29, 1.82) is 0 Å². The van der Waals surface area contributed by atoms with Gasteiger partial charge in [0.15, 0.2) is 5.60 Å². The number of benzene rings is 1. The van der Waals surface area contributed by atoms with Gasteiger partial charge in [0.25, 0.3) is 0 Å². The van der Waals surface area contributed by atoms with E-state index < -0.39 is 30.7 Å². The second-order valence-electron chi connectivity index (χ2n) is 5.87. The summed E-state index contributed by atoms with van der Waals surface area (Å²) < 4.78 is 43.7. The summed E-state index contributed by atoms with van der Waals surface area (Å²) in [6, 6.07) is 6.53. The van der Waals surface area contributed by atoms with Crippen LogP contribution < -0.4 is 10.1 Å². The lowest BCUT2D eigenvalue weighted by molar-refractivity contribution is -0.271. The number of likely N-dealkylation sites (tertiary alicyclic amines) is 1. The highest BCUT2D eigenvalue weighted by molar-refractivity contribution is 5.75. The van der Waals surface area contributed by atoms with Gasteiger partial charge in [0.05, 0.1) is 6.04 Å². The van der Waals surface area contributed by atoms with Crippen LogP contribution in [0.15, 0.2) is 24.3 Å². The molecule has 1 unspecified atom stereocenters. The van der Waals surface area contributed by atoms with E-state index in [4.69, 9.17) is 4.74 Å². The smallest absolute Gasteiger partial charge is 0.417 e. The zero-order chi connectivity index (χ0) is 16.7. The van der Waals surface area contributed by atoms with Crippen LogP contribution in [0.1, 0.15) is 24.4 Å². The van der Waals surface area contributed by atoms with Crippen molar-refractivity contribution >= 4 is 6.03 Å². The Morgan fingerprint density at radius 3 is 2.61 bits per heavy atom. The highest BCUT2D eigenvalue weighted by Gasteiger charge is 2.55. The van der Waals surface area contributed by atoms with Crippen LogP contribution in [-0.2, 0) is 0 Å². The van der Waals surface area contributed by atoms with Crippen molar-refractivity contribution in [3.63, 3.8) is 0 Å². The van der Waals surface area contributed by atoms with Crippen LogP contribution in [0.25, 0.3) is 0 Å². The van der Waals surface area contributed by atoms with Crippen molar-refractivity contribution in [3.8, 4) is 5.75 Å².